The summed E-state index contributed by atoms with van der Waals surface area (Å²) in [4.78, 5) is 11.8. The fraction of sp³-hybridized carbons (Fsp3) is 0.500. The molecule has 1 aromatic rings. The Morgan fingerprint density at radius 1 is 1.24 bits per heavy atom. The van der Waals surface area contributed by atoms with Crippen LogP contribution in [-0.4, -0.2) is 33.5 Å². The van der Waals surface area contributed by atoms with Gasteiger partial charge in [0.2, 0.25) is 15.9 Å². The largest absolute Gasteiger partial charge is 0.325 e. The van der Waals surface area contributed by atoms with Crippen LogP contribution in [0.15, 0.2) is 29.2 Å². The van der Waals surface area contributed by atoms with E-state index < -0.39 is 10.0 Å². The predicted octanol–water partition coefficient (Wildman–Crippen LogP) is 1.07. The van der Waals surface area contributed by atoms with Crippen molar-refractivity contribution >= 4 is 21.6 Å². The summed E-state index contributed by atoms with van der Waals surface area (Å²) in [7, 11) is -3.43. The number of benzene rings is 1. The van der Waals surface area contributed by atoms with Gasteiger partial charge in [0.1, 0.15) is 0 Å². The Balaban J connectivity index is 1.90. The molecule has 0 aliphatic heterocycles. The Morgan fingerprint density at radius 2 is 1.90 bits per heavy atom. The van der Waals surface area contributed by atoms with Crippen molar-refractivity contribution in [3.05, 3.63) is 24.3 Å². The standard InChI is InChI=1S/C14H21N3O3S/c1-2-9-15-10-14(18)16-11-5-7-13(8-6-11)21(19,20)17-12-3-4-12/h5-8,12,15,17H,2-4,9-10H2,1H3,(H,16,18). The Labute approximate surface area is 125 Å². The first-order chi connectivity index (χ1) is 10.0. The molecule has 7 heteroatoms. The van der Waals surface area contributed by atoms with E-state index in [1.54, 1.807) is 12.1 Å². The topological polar surface area (TPSA) is 87.3 Å². The molecule has 0 spiro atoms. The molecule has 6 nitrogen and oxygen atoms in total. The molecule has 1 aromatic carbocycles. The molecule has 0 unspecified atom stereocenters. The van der Waals surface area contributed by atoms with E-state index in [0.717, 1.165) is 25.8 Å². The Hall–Kier alpha value is -1.44. The molecule has 2 rings (SSSR count). The van der Waals surface area contributed by atoms with Crippen LogP contribution in [0.1, 0.15) is 26.2 Å². The van der Waals surface area contributed by atoms with Crippen molar-refractivity contribution in [1.29, 1.82) is 0 Å². The van der Waals surface area contributed by atoms with Gasteiger partial charge in [-0.1, -0.05) is 6.92 Å². The predicted molar refractivity (Wildman–Crippen MR) is 81.6 cm³/mol. The van der Waals surface area contributed by atoms with Crippen LogP contribution in [0.25, 0.3) is 0 Å². The molecule has 0 radical (unpaired) electrons. The van der Waals surface area contributed by atoms with Crippen molar-refractivity contribution < 1.29 is 13.2 Å². The number of hydrogen-bond donors (Lipinski definition) is 3. The summed E-state index contributed by atoms with van der Waals surface area (Å²) in [5.74, 6) is -0.143. The molecule has 0 heterocycles. The summed E-state index contributed by atoms with van der Waals surface area (Å²) in [6.07, 6.45) is 2.77. The van der Waals surface area contributed by atoms with Crippen molar-refractivity contribution in [2.45, 2.75) is 37.1 Å². The maximum absolute atomic E-state index is 12.0. The van der Waals surface area contributed by atoms with Crippen molar-refractivity contribution in [1.82, 2.24) is 10.0 Å². The van der Waals surface area contributed by atoms with Gasteiger partial charge >= 0.3 is 0 Å². The number of anilines is 1. The summed E-state index contributed by atoms with van der Waals surface area (Å²) >= 11 is 0. The number of nitrogens with one attached hydrogen (secondary N) is 3. The zero-order valence-corrected chi connectivity index (χ0v) is 12.9. The molecule has 0 atom stereocenters. The number of carbonyl (C=O) groups excluding carboxylic acids is 1. The molecule has 116 valence electrons. The molecule has 0 saturated heterocycles. The fourth-order valence-electron chi connectivity index (χ4n) is 1.79. The highest BCUT2D eigenvalue weighted by molar-refractivity contribution is 7.89. The molecule has 1 amide bonds. The Bertz CT molecular complexity index is 580. The first kappa shape index (κ1) is 15.9. The van der Waals surface area contributed by atoms with Crippen LogP contribution < -0.4 is 15.4 Å². The van der Waals surface area contributed by atoms with E-state index in [9.17, 15) is 13.2 Å². The first-order valence-electron chi connectivity index (χ1n) is 7.14. The van der Waals surface area contributed by atoms with Gasteiger partial charge in [-0.15, -0.1) is 0 Å². The number of hydrogen-bond acceptors (Lipinski definition) is 4. The fourth-order valence-corrected chi connectivity index (χ4v) is 3.09. The van der Waals surface area contributed by atoms with Gasteiger partial charge in [0, 0.05) is 11.7 Å². The second-order valence-electron chi connectivity index (χ2n) is 5.14. The number of sulfonamides is 1. The van der Waals surface area contributed by atoms with Crippen molar-refractivity contribution in [2.24, 2.45) is 0 Å². The van der Waals surface area contributed by atoms with Gasteiger partial charge in [-0.2, -0.15) is 0 Å². The lowest BCUT2D eigenvalue weighted by atomic mass is 10.3. The molecule has 1 fully saturated rings. The SMILES string of the molecule is CCCNCC(=O)Nc1ccc(S(=O)(=O)NC2CC2)cc1. The number of rotatable bonds is 8. The molecule has 0 bridgehead atoms. The van der Waals surface area contributed by atoms with E-state index >= 15 is 0 Å². The van der Waals surface area contributed by atoms with E-state index in [2.05, 4.69) is 15.4 Å². The summed E-state index contributed by atoms with van der Waals surface area (Å²) < 4.78 is 26.6. The highest BCUT2D eigenvalue weighted by atomic mass is 32.2. The molecule has 21 heavy (non-hydrogen) atoms. The Kier molecular flexibility index (Phi) is 5.33. The molecule has 1 aliphatic carbocycles. The molecule has 0 aromatic heterocycles. The van der Waals surface area contributed by atoms with Gasteiger partial charge in [0.25, 0.3) is 0 Å². The van der Waals surface area contributed by atoms with Crippen LogP contribution in [0.3, 0.4) is 0 Å². The summed E-state index contributed by atoms with van der Waals surface area (Å²) in [6, 6.07) is 6.27. The van der Waals surface area contributed by atoms with Crippen molar-refractivity contribution in [3.63, 3.8) is 0 Å². The zero-order chi connectivity index (χ0) is 15.3. The van der Waals surface area contributed by atoms with Crippen LogP contribution in [0.5, 0.6) is 0 Å². The lowest BCUT2D eigenvalue weighted by Crippen LogP contribution is -2.28. The van der Waals surface area contributed by atoms with E-state index in [1.807, 2.05) is 6.92 Å². The van der Waals surface area contributed by atoms with Crippen LogP contribution >= 0.6 is 0 Å². The summed E-state index contributed by atoms with van der Waals surface area (Å²) in [5, 5.41) is 5.72. The van der Waals surface area contributed by atoms with Crippen LogP contribution in [-0.2, 0) is 14.8 Å². The average molecular weight is 311 g/mol. The number of amides is 1. The maximum atomic E-state index is 12.0. The summed E-state index contributed by atoms with van der Waals surface area (Å²) in [6.45, 7) is 3.06. The summed E-state index contributed by atoms with van der Waals surface area (Å²) in [5.41, 5.74) is 0.587. The highest BCUT2D eigenvalue weighted by Gasteiger charge is 2.27. The third-order valence-corrected chi connectivity index (χ3v) is 4.60. The van der Waals surface area contributed by atoms with Gasteiger partial charge in [-0.05, 0) is 50.1 Å². The van der Waals surface area contributed by atoms with E-state index in [1.165, 1.54) is 12.1 Å². The molecular formula is C14H21N3O3S. The molecule has 1 saturated carbocycles. The van der Waals surface area contributed by atoms with Crippen LogP contribution in [0.4, 0.5) is 5.69 Å². The minimum Gasteiger partial charge on any atom is -0.325 e. The highest BCUT2D eigenvalue weighted by Crippen LogP contribution is 2.22. The molecular weight excluding hydrogens is 290 g/mol. The quantitative estimate of drug-likeness (QED) is 0.627. The maximum Gasteiger partial charge on any atom is 0.240 e. The second kappa shape index (κ2) is 7.02. The van der Waals surface area contributed by atoms with Gasteiger partial charge in [-0.25, -0.2) is 13.1 Å². The smallest absolute Gasteiger partial charge is 0.240 e. The first-order valence-corrected chi connectivity index (χ1v) is 8.62. The Morgan fingerprint density at radius 3 is 2.48 bits per heavy atom. The lowest BCUT2D eigenvalue weighted by molar-refractivity contribution is -0.115. The van der Waals surface area contributed by atoms with Gasteiger partial charge in [0.05, 0.1) is 11.4 Å². The van der Waals surface area contributed by atoms with Crippen molar-refractivity contribution in [3.8, 4) is 0 Å². The van der Waals surface area contributed by atoms with Gasteiger partial charge in [0.15, 0.2) is 0 Å². The third-order valence-electron chi connectivity index (χ3n) is 3.06. The van der Waals surface area contributed by atoms with Crippen molar-refractivity contribution in [2.75, 3.05) is 18.4 Å². The molecule has 3 N–H and O–H groups in total. The lowest BCUT2D eigenvalue weighted by Gasteiger charge is -2.08. The van der Waals surface area contributed by atoms with Gasteiger partial charge < -0.3 is 10.6 Å². The normalized spacial score (nSPS) is 14.9. The zero-order valence-electron chi connectivity index (χ0n) is 12.1. The third kappa shape index (κ3) is 5.11. The van der Waals surface area contributed by atoms with E-state index in [4.69, 9.17) is 0 Å². The number of carbonyl (C=O) groups is 1. The molecule has 1 aliphatic rings. The minimum absolute atomic E-state index is 0.0824. The monoisotopic (exact) mass is 311 g/mol. The van der Waals surface area contributed by atoms with Crippen LogP contribution in [0, 0.1) is 0 Å². The van der Waals surface area contributed by atoms with Crippen LogP contribution in [0.2, 0.25) is 0 Å². The average Bonchev–Trinajstić information content (AvgIpc) is 3.23. The van der Waals surface area contributed by atoms with E-state index in [0.29, 0.717) is 5.69 Å². The van der Waals surface area contributed by atoms with E-state index in [-0.39, 0.29) is 23.4 Å². The minimum atomic E-state index is -3.43. The second-order valence-corrected chi connectivity index (χ2v) is 6.86. The van der Waals surface area contributed by atoms with Gasteiger partial charge in [-0.3, -0.25) is 4.79 Å².